The minimum Gasteiger partial charge on any atom is -0.476 e. The maximum absolute atomic E-state index is 10.9. The SMILES string of the molecule is Cc1sc(Cc2ccc([N+](=O)[O-])cc2)nc1C(=O)O. The van der Waals surface area contributed by atoms with E-state index in [1.807, 2.05) is 0 Å². The zero-order valence-corrected chi connectivity index (χ0v) is 10.8. The maximum Gasteiger partial charge on any atom is 0.355 e. The molecule has 0 fully saturated rings. The average molecular weight is 278 g/mol. The fourth-order valence-corrected chi connectivity index (χ4v) is 2.59. The lowest BCUT2D eigenvalue weighted by molar-refractivity contribution is -0.384. The lowest BCUT2D eigenvalue weighted by Crippen LogP contribution is -1.99. The molecule has 0 saturated carbocycles. The highest BCUT2D eigenvalue weighted by Gasteiger charge is 2.14. The van der Waals surface area contributed by atoms with Crippen LogP contribution in [0.25, 0.3) is 0 Å². The number of carbonyl (C=O) groups is 1. The maximum atomic E-state index is 10.9. The topological polar surface area (TPSA) is 93.3 Å². The van der Waals surface area contributed by atoms with E-state index in [1.54, 1.807) is 19.1 Å². The number of nitrogens with zero attached hydrogens (tertiary/aromatic N) is 2. The molecule has 7 heteroatoms. The molecule has 1 heterocycles. The van der Waals surface area contributed by atoms with Gasteiger partial charge in [-0.2, -0.15) is 0 Å². The molecule has 0 unspecified atom stereocenters. The van der Waals surface area contributed by atoms with Gasteiger partial charge in [0.05, 0.1) is 9.93 Å². The fraction of sp³-hybridized carbons (Fsp3) is 0.167. The van der Waals surface area contributed by atoms with Crippen molar-refractivity contribution in [1.29, 1.82) is 0 Å². The number of carboxylic acid groups (broad SMARTS) is 1. The number of hydrogen-bond acceptors (Lipinski definition) is 5. The molecule has 1 aromatic carbocycles. The largest absolute Gasteiger partial charge is 0.476 e. The van der Waals surface area contributed by atoms with Gasteiger partial charge in [0, 0.05) is 23.4 Å². The average Bonchev–Trinajstić information content (AvgIpc) is 2.71. The van der Waals surface area contributed by atoms with Gasteiger partial charge in [-0.1, -0.05) is 12.1 Å². The molecular weight excluding hydrogens is 268 g/mol. The van der Waals surface area contributed by atoms with Crippen molar-refractivity contribution < 1.29 is 14.8 Å². The molecule has 1 aromatic heterocycles. The van der Waals surface area contributed by atoms with Crippen molar-refractivity contribution in [3.63, 3.8) is 0 Å². The van der Waals surface area contributed by atoms with Crippen molar-refractivity contribution in [2.45, 2.75) is 13.3 Å². The van der Waals surface area contributed by atoms with Gasteiger partial charge >= 0.3 is 5.97 Å². The Bertz CT molecular complexity index is 634. The summed E-state index contributed by atoms with van der Waals surface area (Å²) in [6.07, 6.45) is 0.469. The van der Waals surface area contributed by atoms with Crippen LogP contribution in [0.2, 0.25) is 0 Å². The molecule has 2 rings (SSSR count). The second-order valence-corrected chi connectivity index (χ2v) is 5.21. The molecule has 0 aliphatic carbocycles. The fourth-order valence-electron chi connectivity index (χ4n) is 1.64. The van der Waals surface area contributed by atoms with Crippen molar-refractivity contribution in [3.8, 4) is 0 Å². The molecule has 1 N–H and O–H groups in total. The Morgan fingerprint density at radius 3 is 2.53 bits per heavy atom. The minimum atomic E-state index is -1.04. The smallest absolute Gasteiger partial charge is 0.355 e. The van der Waals surface area contributed by atoms with Crippen LogP contribution >= 0.6 is 11.3 Å². The van der Waals surface area contributed by atoms with Crippen LogP contribution in [-0.2, 0) is 6.42 Å². The van der Waals surface area contributed by atoms with E-state index in [4.69, 9.17) is 5.11 Å². The summed E-state index contributed by atoms with van der Waals surface area (Å²) in [5.74, 6) is -1.04. The highest BCUT2D eigenvalue weighted by atomic mass is 32.1. The Morgan fingerprint density at radius 2 is 2.05 bits per heavy atom. The minimum absolute atomic E-state index is 0.0327. The summed E-state index contributed by atoms with van der Waals surface area (Å²) in [4.78, 5) is 25.6. The van der Waals surface area contributed by atoms with Crippen molar-refractivity contribution in [2.24, 2.45) is 0 Å². The van der Waals surface area contributed by atoms with E-state index in [-0.39, 0.29) is 11.4 Å². The van der Waals surface area contributed by atoms with E-state index in [0.717, 1.165) is 5.56 Å². The monoisotopic (exact) mass is 278 g/mol. The normalized spacial score (nSPS) is 10.4. The number of nitro benzene ring substituents is 1. The second kappa shape index (κ2) is 5.15. The third kappa shape index (κ3) is 2.94. The predicted molar refractivity (Wildman–Crippen MR) is 69.7 cm³/mol. The van der Waals surface area contributed by atoms with E-state index in [9.17, 15) is 14.9 Å². The van der Waals surface area contributed by atoms with Crippen LogP contribution in [0.5, 0.6) is 0 Å². The van der Waals surface area contributed by atoms with Gasteiger partial charge in [0.25, 0.3) is 5.69 Å². The number of nitro groups is 1. The van der Waals surface area contributed by atoms with Crippen LogP contribution in [0.3, 0.4) is 0 Å². The quantitative estimate of drug-likeness (QED) is 0.685. The molecule has 0 atom stereocenters. The Morgan fingerprint density at radius 1 is 1.42 bits per heavy atom. The van der Waals surface area contributed by atoms with Crippen LogP contribution in [0.1, 0.15) is 25.9 Å². The molecule has 0 bridgehead atoms. The van der Waals surface area contributed by atoms with Gasteiger partial charge in [-0.15, -0.1) is 11.3 Å². The number of thiazole rings is 1. The van der Waals surface area contributed by atoms with E-state index in [1.165, 1.54) is 23.5 Å². The van der Waals surface area contributed by atoms with Gasteiger partial charge in [-0.05, 0) is 12.5 Å². The van der Waals surface area contributed by atoms with Crippen LogP contribution in [0.4, 0.5) is 5.69 Å². The van der Waals surface area contributed by atoms with E-state index in [0.29, 0.717) is 16.3 Å². The first-order chi connectivity index (χ1) is 8.97. The summed E-state index contributed by atoms with van der Waals surface area (Å²) in [5, 5.41) is 20.1. The van der Waals surface area contributed by atoms with Gasteiger partial charge in [0.15, 0.2) is 5.69 Å². The van der Waals surface area contributed by atoms with Gasteiger partial charge in [0.1, 0.15) is 0 Å². The Labute approximate surface area is 112 Å². The standard InChI is InChI=1S/C12H10N2O4S/c1-7-11(12(15)16)13-10(19-7)6-8-2-4-9(5-3-8)14(17)18/h2-5H,6H2,1H3,(H,15,16). The van der Waals surface area contributed by atoms with Crippen LogP contribution in [0.15, 0.2) is 24.3 Å². The molecule has 0 amide bonds. The number of rotatable bonds is 4. The molecule has 0 spiro atoms. The molecule has 0 aliphatic rings. The van der Waals surface area contributed by atoms with Crippen molar-refractivity contribution >= 4 is 23.0 Å². The van der Waals surface area contributed by atoms with Crippen molar-refractivity contribution in [3.05, 3.63) is 55.5 Å². The van der Waals surface area contributed by atoms with Gasteiger partial charge in [-0.25, -0.2) is 9.78 Å². The molecule has 0 radical (unpaired) electrons. The molecular formula is C12H10N2O4S. The summed E-state index contributed by atoms with van der Waals surface area (Å²) in [6.45, 7) is 1.71. The summed E-state index contributed by atoms with van der Waals surface area (Å²) < 4.78 is 0. The predicted octanol–water partition coefficient (Wildman–Crippen LogP) is 2.65. The summed E-state index contributed by atoms with van der Waals surface area (Å²) in [7, 11) is 0. The zero-order chi connectivity index (χ0) is 14.0. The number of carboxylic acids is 1. The Balaban J connectivity index is 2.19. The first-order valence-corrected chi connectivity index (χ1v) is 6.22. The summed E-state index contributed by atoms with van der Waals surface area (Å²) in [6, 6.07) is 6.15. The highest BCUT2D eigenvalue weighted by Crippen LogP contribution is 2.21. The third-order valence-corrected chi connectivity index (χ3v) is 3.52. The Hall–Kier alpha value is -2.28. The summed E-state index contributed by atoms with van der Waals surface area (Å²) in [5.41, 5.74) is 0.962. The van der Waals surface area contributed by atoms with Crippen molar-refractivity contribution in [1.82, 2.24) is 4.98 Å². The first kappa shape index (κ1) is 13.2. The van der Waals surface area contributed by atoms with E-state index < -0.39 is 10.9 Å². The first-order valence-electron chi connectivity index (χ1n) is 5.40. The van der Waals surface area contributed by atoms with Gasteiger partial charge < -0.3 is 5.11 Å². The molecule has 0 saturated heterocycles. The molecule has 6 nitrogen and oxygen atoms in total. The van der Waals surface area contributed by atoms with Crippen LogP contribution in [0, 0.1) is 17.0 Å². The zero-order valence-electron chi connectivity index (χ0n) is 9.99. The number of benzene rings is 1. The van der Waals surface area contributed by atoms with Gasteiger partial charge in [0.2, 0.25) is 0 Å². The second-order valence-electron chi connectivity index (χ2n) is 3.92. The third-order valence-electron chi connectivity index (χ3n) is 2.55. The number of aromatic carboxylic acids is 1. The number of non-ortho nitro benzene ring substituents is 1. The van der Waals surface area contributed by atoms with Crippen molar-refractivity contribution in [2.75, 3.05) is 0 Å². The lowest BCUT2D eigenvalue weighted by atomic mass is 10.1. The van der Waals surface area contributed by atoms with Crippen LogP contribution < -0.4 is 0 Å². The molecule has 98 valence electrons. The molecule has 2 aromatic rings. The Kier molecular flexibility index (Phi) is 3.57. The highest BCUT2D eigenvalue weighted by molar-refractivity contribution is 7.11. The number of aromatic nitrogens is 1. The lowest BCUT2D eigenvalue weighted by Gasteiger charge is -1.97. The number of hydrogen-bond donors (Lipinski definition) is 1. The summed E-state index contributed by atoms with van der Waals surface area (Å²) >= 11 is 1.32. The molecule has 19 heavy (non-hydrogen) atoms. The van der Waals surface area contributed by atoms with Gasteiger partial charge in [-0.3, -0.25) is 10.1 Å². The molecule has 0 aliphatic heterocycles. The van der Waals surface area contributed by atoms with E-state index in [2.05, 4.69) is 4.98 Å². The number of aryl methyl sites for hydroxylation is 1. The van der Waals surface area contributed by atoms with Crippen LogP contribution in [-0.4, -0.2) is 21.0 Å². The van der Waals surface area contributed by atoms with E-state index >= 15 is 0 Å².